The molecule has 0 unspecified atom stereocenters. The fourth-order valence-electron chi connectivity index (χ4n) is 3.78. The van der Waals surface area contributed by atoms with Crippen molar-refractivity contribution in [1.82, 2.24) is 14.8 Å². The van der Waals surface area contributed by atoms with Crippen molar-refractivity contribution in [1.29, 1.82) is 0 Å². The largest absolute Gasteiger partial charge is 0.494 e. The first kappa shape index (κ1) is 19.2. The van der Waals surface area contributed by atoms with Gasteiger partial charge in [-0.3, -0.25) is 4.98 Å². The molecule has 0 saturated heterocycles. The molecule has 0 fully saturated rings. The molecule has 0 atom stereocenters. The van der Waals surface area contributed by atoms with Gasteiger partial charge in [0.1, 0.15) is 22.8 Å². The van der Waals surface area contributed by atoms with Crippen molar-refractivity contribution in [3.05, 3.63) is 84.1 Å². The molecule has 6 heteroatoms. The molecule has 154 valence electrons. The third-order valence-corrected chi connectivity index (χ3v) is 5.25. The maximum absolute atomic E-state index is 14.5. The highest BCUT2D eigenvalue weighted by Gasteiger charge is 2.19. The van der Waals surface area contributed by atoms with Crippen LogP contribution in [0, 0.1) is 18.6 Å². The summed E-state index contributed by atoms with van der Waals surface area (Å²) in [4.78, 5) is 4.28. The van der Waals surface area contributed by atoms with E-state index in [4.69, 9.17) is 9.84 Å². The Hall–Kier alpha value is -3.80. The van der Waals surface area contributed by atoms with Crippen LogP contribution in [0.15, 0.2) is 66.9 Å². The van der Waals surface area contributed by atoms with Crippen LogP contribution < -0.4 is 4.74 Å². The molecule has 5 aromatic rings. The molecule has 0 aliphatic carbocycles. The van der Waals surface area contributed by atoms with Gasteiger partial charge in [-0.1, -0.05) is 17.7 Å². The van der Waals surface area contributed by atoms with Gasteiger partial charge in [0.05, 0.1) is 17.8 Å². The van der Waals surface area contributed by atoms with Crippen molar-refractivity contribution in [2.75, 3.05) is 6.61 Å². The molecule has 0 bridgehead atoms. The van der Waals surface area contributed by atoms with Crippen LogP contribution in [0.2, 0.25) is 0 Å². The van der Waals surface area contributed by atoms with Crippen molar-refractivity contribution in [3.63, 3.8) is 0 Å². The molecule has 4 nitrogen and oxygen atoms in total. The van der Waals surface area contributed by atoms with Crippen LogP contribution in [0.3, 0.4) is 0 Å². The second-order valence-electron chi connectivity index (χ2n) is 7.36. The number of fused-ring (bicyclic) bond motifs is 3. The second kappa shape index (κ2) is 7.47. The van der Waals surface area contributed by atoms with E-state index in [2.05, 4.69) is 4.98 Å². The minimum absolute atomic E-state index is 0.111. The number of ether oxygens (including phenoxy) is 1. The first-order chi connectivity index (χ1) is 15.0. The lowest BCUT2D eigenvalue weighted by atomic mass is 10.1. The van der Waals surface area contributed by atoms with Crippen LogP contribution in [0.4, 0.5) is 8.78 Å². The number of rotatable bonds is 4. The van der Waals surface area contributed by atoms with E-state index in [0.29, 0.717) is 28.6 Å². The zero-order valence-corrected chi connectivity index (χ0v) is 17.1. The van der Waals surface area contributed by atoms with E-state index in [1.54, 1.807) is 10.9 Å². The predicted octanol–water partition coefficient (Wildman–Crippen LogP) is 6.23. The molecule has 0 saturated carbocycles. The van der Waals surface area contributed by atoms with E-state index >= 15 is 0 Å². The molecular formula is C25H19F2N3O. The third-order valence-electron chi connectivity index (χ3n) is 5.25. The summed E-state index contributed by atoms with van der Waals surface area (Å²) in [6.45, 7) is 4.51. The van der Waals surface area contributed by atoms with Crippen molar-refractivity contribution < 1.29 is 13.5 Å². The maximum atomic E-state index is 14.5. The first-order valence-electron chi connectivity index (χ1n) is 10.0. The van der Waals surface area contributed by atoms with Crippen LogP contribution in [-0.4, -0.2) is 21.4 Å². The van der Waals surface area contributed by atoms with E-state index in [0.717, 1.165) is 28.6 Å². The summed E-state index contributed by atoms with van der Waals surface area (Å²) < 4.78 is 35.9. The van der Waals surface area contributed by atoms with Crippen LogP contribution >= 0.6 is 0 Å². The number of benzene rings is 3. The standard InChI is InChI=1S/C25H19F2N3O/c1-3-31-19-10-6-16(7-11-19)23-21-14-28-24-20(12-17(26)13-22(24)27)25(21)30(29-23)18-8-4-15(2)5-9-18/h4-14H,3H2,1-2H3. The van der Waals surface area contributed by atoms with Crippen molar-refractivity contribution in [2.24, 2.45) is 0 Å². The highest BCUT2D eigenvalue weighted by atomic mass is 19.1. The summed E-state index contributed by atoms with van der Waals surface area (Å²) in [5.41, 5.74) is 4.16. The van der Waals surface area contributed by atoms with Gasteiger partial charge in [-0.2, -0.15) is 5.10 Å². The number of aryl methyl sites for hydroxylation is 1. The Kier molecular flexibility index (Phi) is 4.62. The van der Waals surface area contributed by atoms with E-state index in [1.165, 1.54) is 6.07 Å². The van der Waals surface area contributed by atoms with Gasteiger partial charge in [0.2, 0.25) is 0 Å². The summed E-state index contributed by atoms with van der Waals surface area (Å²) >= 11 is 0. The van der Waals surface area contributed by atoms with Gasteiger partial charge < -0.3 is 4.74 Å². The summed E-state index contributed by atoms with van der Waals surface area (Å²) in [7, 11) is 0. The van der Waals surface area contributed by atoms with Crippen molar-refractivity contribution >= 4 is 21.8 Å². The summed E-state index contributed by atoms with van der Waals surface area (Å²) in [6, 6.07) is 17.6. The molecular weight excluding hydrogens is 396 g/mol. The molecule has 5 rings (SSSR count). The van der Waals surface area contributed by atoms with Crippen molar-refractivity contribution in [2.45, 2.75) is 13.8 Å². The zero-order chi connectivity index (χ0) is 21.5. The van der Waals surface area contributed by atoms with Gasteiger partial charge in [0, 0.05) is 28.6 Å². The fourth-order valence-corrected chi connectivity index (χ4v) is 3.78. The smallest absolute Gasteiger partial charge is 0.152 e. The summed E-state index contributed by atoms with van der Waals surface area (Å²) in [5, 5.41) is 5.92. The molecule has 0 aliphatic heterocycles. The first-order valence-corrected chi connectivity index (χ1v) is 10.0. The molecule has 2 heterocycles. The number of aromatic nitrogens is 3. The second-order valence-corrected chi connectivity index (χ2v) is 7.36. The average molecular weight is 415 g/mol. The SMILES string of the molecule is CCOc1ccc(-c2nn(-c3ccc(C)cc3)c3c2cnc2c(F)cc(F)cc23)cc1. The molecule has 3 aromatic carbocycles. The van der Waals surface area contributed by atoms with Gasteiger partial charge >= 0.3 is 0 Å². The van der Waals surface area contributed by atoms with Gasteiger partial charge in [-0.15, -0.1) is 0 Å². The summed E-state index contributed by atoms with van der Waals surface area (Å²) in [6.07, 6.45) is 1.60. The molecule has 0 radical (unpaired) electrons. The predicted molar refractivity (Wildman–Crippen MR) is 118 cm³/mol. The fraction of sp³-hybridized carbons (Fsp3) is 0.120. The van der Waals surface area contributed by atoms with Gasteiger partial charge in [-0.25, -0.2) is 13.5 Å². The van der Waals surface area contributed by atoms with Gasteiger partial charge in [0.25, 0.3) is 0 Å². The van der Waals surface area contributed by atoms with E-state index < -0.39 is 11.6 Å². The topological polar surface area (TPSA) is 39.9 Å². The molecule has 0 spiro atoms. The zero-order valence-electron chi connectivity index (χ0n) is 17.1. The molecule has 0 N–H and O–H groups in total. The van der Waals surface area contributed by atoms with Crippen LogP contribution in [0.1, 0.15) is 12.5 Å². The minimum atomic E-state index is -0.698. The number of pyridine rings is 1. The Labute approximate surface area is 177 Å². The highest BCUT2D eigenvalue weighted by molar-refractivity contribution is 6.08. The maximum Gasteiger partial charge on any atom is 0.152 e. The Morgan fingerprint density at radius 2 is 1.68 bits per heavy atom. The number of hydrogen-bond acceptors (Lipinski definition) is 3. The van der Waals surface area contributed by atoms with E-state index in [9.17, 15) is 8.78 Å². The molecule has 31 heavy (non-hydrogen) atoms. The average Bonchev–Trinajstić information content (AvgIpc) is 3.15. The van der Waals surface area contributed by atoms with Gasteiger partial charge in [0.15, 0.2) is 5.82 Å². The van der Waals surface area contributed by atoms with E-state index in [-0.39, 0.29) is 5.52 Å². The molecule has 0 amide bonds. The quantitative estimate of drug-likeness (QED) is 0.350. The van der Waals surface area contributed by atoms with Crippen molar-refractivity contribution in [3.8, 4) is 22.7 Å². The van der Waals surface area contributed by atoms with E-state index in [1.807, 2.05) is 62.4 Å². The lowest BCUT2D eigenvalue weighted by molar-refractivity contribution is 0.340. The third kappa shape index (κ3) is 3.30. The monoisotopic (exact) mass is 415 g/mol. The minimum Gasteiger partial charge on any atom is -0.494 e. The lowest BCUT2D eigenvalue weighted by Gasteiger charge is -2.07. The van der Waals surface area contributed by atoms with Crippen LogP contribution in [0.5, 0.6) is 5.75 Å². The molecule has 0 aliphatic rings. The summed E-state index contributed by atoms with van der Waals surface area (Å²) in [5.74, 6) is -0.587. The molecule has 2 aromatic heterocycles. The normalized spacial score (nSPS) is 11.4. The Morgan fingerprint density at radius 1 is 0.935 bits per heavy atom. The van der Waals surface area contributed by atoms with Crippen LogP contribution in [-0.2, 0) is 0 Å². The van der Waals surface area contributed by atoms with Gasteiger partial charge in [-0.05, 0) is 56.3 Å². The highest BCUT2D eigenvalue weighted by Crippen LogP contribution is 2.35. The number of halogens is 2. The Morgan fingerprint density at radius 3 is 2.39 bits per heavy atom. The number of nitrogens with zero attached hydrogens (tertiary/aromatic N) is 3. The number of hydrogen-bond donors (Lipinski definition) is 0. The Balaban J connectivity index is 1.83. The van der Waals surface area contributed by atoms with Crippen LogP contribution in [0.25, 0.3) is 38.8 Å². The Bertz CT molecular complexity index is 1410. The lowest BCUT2D eigenvalue weighted by Crippen LogP contribution is -1.98.